The van der Waals surface area contributed by atoms with Crippen LogP contribution in [-0.2, 0) is 0 Å². The third-order valence-corrected chi connectivity index (χ3v) is 5.04. The highest BCUT2D eigenvalue weighted by Gasteiger charge is 2.24. The lowest BCUT2D eigenvalue weighted by Crippen LogP contribution is -2.14. The quantitative estimate of drug-likeness (QED) is 0.397. The van der Waals surface area contributed by atoms with E-state index in [9.17, 15) is 8.78 Å². The molecule has 3 aromatic carbocycles. The van der Waals surface area contributed by atoms with Crippen LogP contribution in [0, 0.1) is 25.5 Å². The van der Waals surface area contributed by atoms with Gasteiger partial charge in [-0.3, -0.25) is 0 Å². The molecule has 0 aliphatic rings. The first kappa shape index (κ1) is 20.0. The number of nitrogens with zero attached hydrogens (tertiary/aromatic N) is 2. The van der Waals surface area contributed by atoms with Crippen LogP contribution < -0.4 is 5.32 Å². The van der Waals surface area contributed by atoms with E-state index in [1.165, 1.54) is 24.3 Å². The minimum Gasteiger partial charge on any atom is -0.418 e. The van der Waals surface area contributed by atoms with Gasteiger partial charge in [0.25, 0.3) is 0 Å². The molecule has 0 radical (unpaired) electrons. The van der Waals surface area contributed by atoms with Gasteiger partial charge < -0.3 is 9.73 Å². The monoisotopic (exact) mass is 425 g/mol. The molecule has 1 atom stereocenters. The number of hydrogen-bond donors (Lipinski definition) is 1. The van der Waals surface area contributed by atoms with Crippen LogP contribution in [0.5, 0.6) is 0 Å². The van der Waals surface area contributed by atoms with Crippen molar-refractivity contribution in [2.75, 3.05) is 5.32 Å². The highest BCUT2D eigenvalue weighted by molar-refractivity contribution is 6.31. The second kappa shape index (κ2) is 8.24. The van der Waals surface area contributed by atoms with Crippen molar-refractivity contribution in [3.05, 3.63) is 99.9 Å². The van der Waals surface area contributed by atoms with Crippen LogP contribution in [0.3, 0.4) is 0 Å². The Balaban J connectivity index is 1.77. The molecule has 152 valence electrons. The van der Waals surface area contributed by atoms with E-state index in [1.807, 2.05) is 32.0 Å². The summed E-state index contributed by atoms with van der Waals surface area (Å²) in [5.41, 5.74) is 4.02. The Hall–Kier alpha value is -3.25. The second-order valence-corrected chi connectivity index (χ2v) is 7.42. The minimum atomic E-state index is -0.630. The van der Waals surface area contributed by atoms with Gasteiger partial charge in [-0.1, -0.05) is 41.4 Å². The van der Waals surface area contributed by atoms with Gasteiger partial charge in [0, 0.05) is 21.8 Å². The summed E-state index contributed by atoms with van der Waals surface area (Å²) in [5, 5.41) is 11.8. The highest BCUT2D eigenvalue weighted by atomic mass is 35.5. The maximum absolute atomic E-state index is 13.6. The van der Waals surface area contributed by atoms with Crippen molar-refractivity contribution in [2.45, 2.75) is 19.9 Å². The fraction of sp³-hybridized carbons (Fsp3) is 0.130. The van der Waals surface area contributed by atoms with Crippen LogP contribution in [0.1, 0.15) is 28.6 Å². The van der Waals surface area contributed by atoms with E-state index >= 15 is 0 Å². The summed E-state index contributed by atoms with van der Waals surface area (Å²) < 4.78 is 33.1. The van der Waals surface area contributed by atoms with Gasteiger partial charge in [-0.05, 0) is 55.8 Å². The topological polar surface area (TPSA) is 51.0 Å². The molecule has 0 aliphatic carbocycles. The zero-order valence-electron chi connectivity index (χ0n) is 16.3. The first-order valence-electron chi connectivity index (χ1n) is 9.29. The van der Waals surface area contributed by atoms with Crippen molar-refractivity contribution in [2.24, 2.45) is 0 Å². The molecular formula is C23H18ClF2N3O. The molecule has 4 nitrogen and oxygen atoms in total. The molecule has 0 bridgehead atoms. The second-order valence-electron chi connectivity index (χ2n) is 7.02. The Morgan fingerprint density at radius 2 is 1.73 bits per heavy atom. The summed E-state index contributed by atoms with van der Waals surface area (Å²) in [6, 6.07) is 15.4. The zero-order valence-corrected chi connectivity index (χ0v) is 17.0. The number of hydrogen-bond acceptors (Lipinski definition) is 4. The van der Waals surface area contributed by atoms with Crippen molar-refractivity contribution in [1.82, 2.24) is 10.2 Å². The Labute approximate surface area is 177 Å². The van der Waals surface area contributed by atoms with Crippen molar-refractivity contribution in [3.63, 3.8) is 0 Å². The molecule has 1 N–H and O–H groups in total. The van der Waals surface area contributed by atoms with Gasteiger partial charge in [0.1, 0.15) is 17.7 Å². The highest BCUT2D eigenvalue weighted by Crippen LogP contribution is 2.34. The van der Waals surface area contributed by atoms with Crippen molar-refractivity contribution in [1.29, 1.82) is 0 Å². The predicted molar refractivity (Wildman–Crippen MR) is 112 cm³/mol. The number of rotatable bonds is 5. The Kier molecular flexibility index (Phi) is 5.50. The average molecular weight is 426 g/mol. The van der Waals surface area contributed by atoms with Crippen LogP contribution >= 0.6 is 11.6 Å². The molecule has 0 saturated carbocycles. The zero-order chi connectivity index (χ0) is 21.3. The van der Waals surface area contributed by atoms with Crippen LogP contribution in [0.4, 0.5) is 14.5 Å². The van der Waals surface area contributed by atoms with Crippen LogP contribution in [-0.4, -0.2) is 10.2 Å². The lowest BCUT2D eigenvalue weighted by atomic mass is 10.0. The molecule has 0 saturated heterocycles. The summed E-state index contributed by atoms with van der Waals surface area (Å²) >= 11 is 6.33. The first-order valence-corrected chi connectivity index (χ1v) is 9.66. The number of benzene rings is 3. The normalized spacial score (nSPS) is 12.0. The van der Waals surface area contributed by atoms with Crippen molar-refractivity contribution >= 4 is 17.3 Å². The number of nitrogens with one attached hydrogen (secondary N) is 1. The average Bonchev–Trinajstić information content (AvgIpc) is 3.18. The molecule has 4 rings (SSSR count). The number of halogens is 3. The van der Waals surface area contributed by atoms with Gasteiger partial charge in [0.05, 0.1) is 0 Å². The van der Waals surface area contributed by atoms with Gasteiger partial charge >= 0.3 is 0 Å². The Bertz CT molecular complexity index is 1210. The lowest BCUT2D eigenvalue weighted by molar-refractivity contribution is 0.493. The van der Waals surface area contributed by atoms with Gasteiger partial charge in [0.15, 0.2) is 0 Å². The van der Waals surface area contributed by atoms with Crippen LogP contribution in [0.2, 0.25) is 5.02 Å². The fourth-order valence-corrected chi connectivity index (χ4v) is 3.50. The summed E-state index contributed by atoms with van der Waals surface area (Å²) in [6.07, 6.45) is 0. The van der Waals surface area contributed by atoms with E-state index < -0.39 is 17.7 Å². The Morgan fingerprint density at radius 1 is 0.933 bits per heavy atom. The van der Waals surface area contributed by atoms with E-state index in [1.54, 1.807) is 18.2 Å². The SMILES string of the molecule is Cc1ccc(N[C@@H](c2nnc(-c3cccc(F)c3)o2)c2ccc(F)cc2Cl)c(C)c1. The molecule has 1 aromatic heterocycles. The van der Waals surface area contributed by atoms with Gasteiger partial charge in [-0.25, -0.2) is 8.78 Å². The lowest BCUT2D eigenvalue weighted by Gasteiger charge is -2.20. The molecule has 0 unspecified atom stereocenters. The fourth-order valence-electron chi connectivity index (χ4n) is 3.23. The van der Waals surface area contributed by atoms with E-state index in [0.717, 1.165) is 16.8 Å². The smallest absolute Gasteiger partial charge is 0.247 e. The number of anilines is 1. The summed E-state index contributed by atoms with van der Waals surface area (Å²) in [7, 11) is 0. The third-order valence-electron chi connectivity index (χ3n) is 4.71. The maximum atomic E-state index is 13.6. The molecule has 7 heteroatoms. The van der Waals surface area contributed by atoms with Crippen LogP contribution in [0.25, 0.3) is 11.5 Å². The Morgan fingerprint density at radius 3 is 2.47 bits per heavy atom. The maximum Gasteiger partial charge on any atom is 0.247 e. The first-order chi connectivity index (χ1) is 14.4. The van der Waals surface area contributed by atoms with E-state index in [-0.39, 0.29) is 16.8 Å². The van der Waals surface area contributed by atoms with E-state index in [4.69, 9.17) is 16.0 Å². The molecule has 0 aliphatic heterocycles. The van der Waals surface area contributed by atoms with Crippen molar-refractivity contribution in [3.8, 4) is 11.5 Å². The number of aryl methyl sites for hydroxylation is 2. The summed E-state index contributed by atoms with van der Waals surface area (Å²) in [4.78, 5) is 0. The van der Waals surface area contributed by atoms with Crippen LogP contribution in [0.15, 0.2) is 65.1 Å². The molecule has 30 heavy (non-hydrogen) atoms. The van der Waals surface area contributed by atoms with Gasteiger partial charge in [-0.15, -0.1) is 10.2 Å². The van der Waals surface area contributed by atoms with Gasteiger partial charge in [-0.2, -0.15) is 0 Å². The molecule has 4 aromatic rings. The molecule has 0 spiro atoms. The van der Waals surface area contributed by atoms with Gasteiger partial charge in [0.2, 0.25) is 11.8 Å². The van der Waals surface area contributed by atoms with Crippen molar-refractivity contribution < 1.29 is 13.2 Å². The standard InChI is InChI=1S/C23H18ClF2N3O/c1-13-6-9-20(14(2)10-13)27-21(18-8-7-17(26)12-19(18)24)23-29-28-22(30-23)15-4-3-5-16(25)11-15/h3-12,21,27H,1-2H3/t21-/m1/s1. The molecule has 0 fully saturated rings. The third kappa shape index (κ3) is 4.19. The summed E-state index contributed by atoms with van der Waals surface area (Å²) in [5.74, 6) is -0.448. The largest absolute Gasteiger partial charge is 0.418 e. The van der Waals surface area contributed by atoms with E-state index in [0.29, 0.717) is 11.1 Å². The molecule has 1 heterocycles. The summed E-state index contributed by atoms with van der Waals surface area (Å²) in [6.45, 7) is 3.99. The predicted octanol–water partition coefficient (Wildman–Crippen LogP) is 6.49. The number of aromatic nitrogens is 2. The molecular weight excluding hydrogens is 408 g/mol. The van der Waals surface area contributed by atoms with E-state index in [2.05, 4.69) is 15.5 Å². The minimum absolute atomic E-state index is 0.176. The molecule has 0 amide bonds.